The van der Waals surface area contributed by atoms with Crippen LogP contribution in [-0.4, -0.2) is 71.4 Å². The number of nitrogens with zero attached hydrogens (tertiary/aromatic N) is 4. The molecule has 2 aliphatic heterocycles. The standard InChI is InChI=1S/C13H22N4O2.CH3ClO/c1-14-6-8-16(10-14)12(4-3-5-13(18)19)17-9-7-15(2)11-17;1-3-2/h6-9,12H,3-5,10-11H2,1-2H3,(H,18,19);1H3. The molecule has 0 aliphatic carbocycles. The molecule has 2 aliphatic rings. The van der Waals surface area contributed by atoms with Crippen LogP contribution in [-0.2, 0) is 9.08 Å². The normalized spacial score (nSPS) is 16.6. The van der Waals surface area contributed by atoms with E-state index in [1.54, 1.807) is 0 Å². The summed E-state index contributed by atoms with van der Waals surface area (Å²) in [7, 11) is 5.47. The minimum absolute atomic E-state index is 0.224. The smallest absolute Gasteiger partial charge is 0.303 e. The summed E-state index contributed by atoms with van der Waals surface area (Å²) in [5.74, 6) is -0.720. The lowest BCUT2D eigenvalue weighted by Gasteiger charge is -2.36. The molecule has 2 rings (SSSR count). The van der Waals surface area contributed by atoms with Crippen LogP contribution in [0.4, 0.5) is 0 Å². The molecule has 0 radical (unpaired) electrons. The molecule has 0 spiro atoms. The van der Waals surface area contributed by atoms with Gasteiger partial charge in [0.2, 0.25) is 0 Å². The van der Waals surface area contributed by atoms with E-state index in [1.165, 1.54) is 7.11 Å². The van der Waals surface area contributed by atoms with Gasteiger partial charge in [-0.2, -0.15) is 0 Å². The molecule has 2 heterocycles. The summed E-state index contributed by atoms with van der Waals surface area (Å²) in [6, 6.07) is 0. The third-order valence-corrected chi connectivity index (χ3v) is 3.42. The lowest BCUT2D eigenvalue weighted by molar-refractivity contribution is -0.137. The van der Waals surface area contributed by atoms with Crippen LogP contribution in [0.5, 0.6) is 0 Å². The molecule has 22 heavy (non-hydrogen) atoms. The zero-order chi connectivity index (χ0) is 16.5. The number of carboxylic acid groups (broad SMARTS) is 1. The molecule has 0 unspecified atom stereocenters. The zero-order valence-electron chi connectivity index (χ0n) is 13.4. The van der Waals surface area contributed by atoms with E-state index in [0.29, 0.717) is 6.42 Å². The SMILES string of the molecule is CN1C=CN(C(CCCC(=O)O)N2C=CN(C)C2)C1.COCl. The van der Waals surface area contributed by atoms with E-state index < -0.39 is 5.97 Å². The molecule has 126 valence electrons. The predicted molar refractivity (Wildman–Crippen MR) is 85.4 cm³/mol. The van der Waals surface area contributed by atoms with Gasteiger partial charge in [-0.25, -0.2) is 0 Å². The Morgan fingerprint density at radius 1 is 1.18 bits per heavy atom. The molecule has 0 saturated heterocycles. The van der Waals surface area contributed by atoms with Gasteiger partial charge in [0.25, 0.3) is 0 Å². The summed E-state index contributed by atoms with van der Waals surface area (Å²) in [5, 5.41) is 8.77. The van der Waals surface area contributed by atoms with E-state index >= 15 is 0 Å². The van der Waals surface area contributed by atoms with Gasteiger partial charge < -0.3 is 24.7 Å². The van der Waals surface area contributed by atoms with E-state index in [1.807, 2.05) is 26.5 Å². The lowest BCUT2D eigenvalue weighted by atomic mass is 10.2. The Morgan fingerprint density at radius 2 is 1.64 bits per heavy atom. The highest BCUT2D eigenvalue weighted by Gasteiger charge is 2.26. The molecule has 0 aromatic carbocycles. The van der Waals surface area contributed by atoms with Crippen molar-refractivity contribution in [2.75, 3.05) is 34.5 Å². The van der Waals surface area contributed by atoms with Crippen molar-refractivity contribution < 1.29 is 14.2 Å². The third kappa shape index (κ3) is 6.03. The van der Waals surface area contributed by atoms with Crippen LogP contribution in [0.25, 0.3) is 0 Å². The van der Waals surface area contributed by atoms with Crippen molar-refractivity contribution in [2.45, 2.75) is 25.4 Å². The average molecular weight is 333 g/mol. The van der Waals surface area contributed by atoms with Gasteiger partial charge in [0.1, 0.15) is 6.17 Å². The van der Waals surface area contributed by atoms with E-state index in [-0.39, 0.29) is 12.6 Å². The number of hydrogen-bond acceptors (Lipinski definition) is 6. The summed E-state index contributed by atoms with van der Waals surface area (Å²) in [4.78, 5) is 19.4. The largest absolute Gasteiger partial charge is 0.481 e. The molecule has 0 aromatic heterocycles. The van der Waals surface area contributed by atoms with E-state index in [9.17, 15) is 4.79 Å². The molecular formula is C14H25ClN4O3. The number of halogens is 1. The van der Waals surface area contributed by atoms with Gasteiger partial charge in [0.05, 0.1) is 32.3 Å². The fourth-order valence-electron chi connectivity index (χ4n) is 2.45. The van der Waals surface area contributed by atoms with E-state index in [4.69, 9.17) is 5.11 Å². The first-order valence-electron chi connectivity index (χ1n) is 7.13. The molecule has 1 N–H and O–H groups in total. The van der Waals surface area contributed by atoms with Crippen molar-refractivity contribution in [2.24, 2.45) is 0 Å². The van der Waals surface area contributed by atoms with Gasteiger partial charge in [-0.3, -0.25) is 9.08 Å². The number of aliphatic carboxylic acids is 1. The zero-order valence-corrected chi connectivity index (χ0v) is 14.1. The number of carbonyl (C=O) groups is 1. The molecule has 0 bridgehead atoms. The van der Waals surface area contributed by atoms with Gasteiger partial charge in [0, 0.05) is 45.3 Å². The van der Waals surface area contributed by atoms with Crippen LogP contribution < -0.4 is 0 Å². The number of hydrogen-bond donors (Lipinski definition) is 1. The fraction of sp³-hybridized carbons (Fsp3) is 0.643. The van der Waals surface area contributed by atoms with Crippen LogP contribution >= 0.6 is 11.9 Å². The topological polar surface area (TPSA) is 59.5 Å². The molecule has 0 aromatic rings. The second kappa shape index (κ2) is 9.42. The maximum atomic E-state index is 10.7. The summed E-state index contributed by atoms with van der Waals surface area (Å²) in [6.07, 6.45) is 10.3. The van der Waals surface area contributed by atoms with E-state index in [2.05, 4.69) is 48.2 Å². The minimum atomic E-state index is -0.720. The van der Waals surface area contributed by atoms with Gasteiger partial charge in [-0.05, 0) is 12.8 Å². The Labute approximate surface area is 137 Å². The molecule has 8 heteroatoms. The molecule has 0 amide bonds. The molecule has 0 atom stereocenters. The number of carboxylic acids is 1. The summed E-state index contributed by atoms with van der Waals surface area (Å²) in [6.45, 7) is 1.71. The third-order valence-electron chi connectivity index (χ3n) is 3.42. The predicted octanol–water partition coefficient (Wildman–Crippen LogP) is 1.71. The van der Waals surface area contributed by atoms with Crippen molar-refractivity contribution in [3.8, 4) is 0 Å². The second-order valence-electron chi connectivity index (χ2n) is 5.34. The Hall–Kier alpha value is -1.60. The maximum Gasteiger partial charge on any atom is 0.303 e. The summed E-state index contributed by atoms with van der Waals surface area (Å²) < 4.78 is 3.72. The Balaban J connectivity index is 0.000000745. The van der Waals surface area contributed by atoms with Gasteiger partial charge in [0.15, 0.2) is 0 Å². The summed E-state index contributed by atoms with van der Waals surface area (Å²) >= 11 is 4.50. The van der Waals surface area contributed by atoms with Crippen LogP contribution in [0.15, 0.2) is 24.8 Å². The summed E-state index contributed by atoms with van der Waals surface area (Å²) in [5.41, 5.74) is 0. The minimum Gasteiger partial charge on any atom is -0.481 e. The Bertz CT molecular complexity index is 380. The molecule has 0 saturated carbocycles. The first-order chi connectivity index (χ1) is 10.5. The highest BCUT2D eigenvalue weighted by molar-refractivity contribution is 6.07. The van der Waals surface area contributed by atoms with Crippen molar-refractivity contribution >= 4 is 17.8 Å². The van der Waals surface area contributed by atoms with Gasteiger partial charge in [-0.15, -0.1) is 0 Å². The molecule has 7 nitrogen and oxygen atoms in total. The van der Waals surface area contributed by atoms with Gasteiger partial charge in [-0.1, -0.05) is 0 Å². The first-order valence-corrected chi connectivity index (χ1v) is 7.44. The first kappa shape index (κ1) is 18.4. The quantitative estimate of drug-likeness (QED) is 0.794. The van der Waals surface area contributed by atoms with Crippen LogP contribution in [0, 0.1) is 0 Å². The monoisotopic (exact) mass is 332 g/mol. The van der Waals surface area contributed by atoms with Crippen LogP contribution in [0.3, 0.4) is 0 Å². The average Bonchev–Trinajstić information content (AvgIpc) is 3.04. The Kier molecular flexibility index (Phi) is 7.90. The lowest BCUT2D eigenvalue weighted by Crippen LogP contribution is -2.45. The Morgan fingerprint density at radius 3 is 1.95 bits per heavy atom. The second-order valence-corrected chi connectivity index (χ2v) is 5.65. The highest BCUT2D eigenvalue weighted by Crippen LogP contribution is 2.21. The van der Waals surface area contributed by atoms with Crippen LogP contribution in [0.1, 0.15) is 19.3 Å². The van der Waals surface area contributed by atoms with Crippen molar-refractivity contribution in [3.63, 3.8) is 0 Å². The van der Waals surface area contributed by atoms with Crippen molar-refractivity contribution in [1.29, 1.82) is 0 Å². The van der Waals surface area contributed by atoms with E-state index in [0.717, 1.165) is 19.8 Å². The molecule has 0 fully saturated rings. The van der Waals surface area contributed by atoms with Crippen LogP contribution in [0.2, 0.25) is 0 Å². The van der Waals surface area contributed by atoms with Gasteiger partial charge >= 0.3 is 5.97 Å². The molecular weight excluding hydrogens is 308 g/mol. The van der Waals surface area contributed by atoms with Crippen molar-refractivity contribution in [1.82, 2.24) is 19.6 Å². The maximum absolute atomic E-state index is 10.7. The van der Waals surface area contributed by atoms with Crippen molar-refractivity contribution in [3.05, 3.63) is 24.8 Å². The highest BCUT2D eigenvalue weighted by atomic mass is 35.5. The fourth-order valence-corrected chi connectivity index (χ4v) is 2.45. The number of rotatable bonds is 6.